The van der Waals surface area contributed by atoms with Gasteiger partial charge in [0.2, 0.25) is 5.91 Å². The standard InChI is InChI=1S/C23H34N2O2.ClH/c1-27-20-11-9-16(10-12-20)21-8-3-2-4-13-25(21)23(26)19-14-17-6-5-7-18(15-19)22(17)24;/h9-12,17-19,21-22H,2-8,13-15,24H2,1H3;1H. The Bertz CT molecular complexity index is 637. The monoisotopic (exact) mass is 406 g/mol. The van der Waals surface area contributed by atoms with Crippen LogP contribution < -0.4 is 10.5 Å². The first-order chi connectivity index (χ1) is 13.2. The first kappa shape index (κ1) is 21.4. The van der Waals surface area contributed by atoms with Gasteiger partial charge in [0.15, 0.2) is 0 Å². The first-order valence-electron chi connectivity index (χ1n) is 10.9. The number of nitrogens with two attached hydrogens (primary N) is 1. The van der Waals surface area contributed by atoms with Crippen LogP contribution in [0.5, 0.6) is 5.75 Å². The lowest BCUT2D eigenvalue weighted by atomic mass is 9.65. The normalized spacial score (nSPS) is 32.8. The maximum absolute atomic E-state index is 13.6. The molecule has 2 N–H and O–H groups in total. The van der Waals surface area contributed by atoms with E-state index >= 15 is 0 Å². The van der Waals surface area contributed by atoms with E-state index < -0.39 is 0 Å². The van der Waals surface area contributed by atoms with Gasteiger partial charge >= 0.3 is 0 Å². The lowest BCUT2D eigenvalue weighted by Crippen LogP contribution is -2.50. The van der Waals surface area contributed by atoms with Crippen molar-refractivity contribution in [2.75, 3.05) is 13.7 Å². The third-order valence-electron chi connectivity index (χ3n) is 7.30. The fourth-order valence-corrected chi connectivity index (χ4v) is 5.77. The smallest absolute Gasteiger partial charge is 0.226 e. The summed E-state index contributed by atoms with van der Waals surface area (Å²) in [6, 6.07) is 8.85. The maximum Gasteiger partial charge on any atom is 0.226 e. The molecule has 4 nitrogen and oxygen atoms in total. The fraction of sp³-hybridized carbons (Fsp3) is 0.696. The highest BCUT2D eigenvalue weighted by Gasteiger charge is 2.42. The number of amides is 1. The summed E-state index contributed by atoms with van der Waals surface area (Å²) >= 11 is 0. The quantitative estimate of drug-likeness (QED) is 0.790. The fourth-order valence-electron chi connectivity index (χ4n) is 5.77. The van der Waals surface area contributed by atoms with Crippen molar-refractivity contribution in [2.24, 2.45) is 23.5 Å². The topological polar surface area (TPSA) is 55.6 Å². The van der Waals surface area contributed by atoms with E-state index in [-0.39, 0.29) is 24.4 Å². The molecule has 4 rings (SSSR count). The van der Waals surface area contributed by atoms with Crippen molar-refractivity contribution in [1.82, 2.24) is 4.90 Å². The van der Waals surface area contributed by atoms with Crippen LogP contribution in [0.25, 0.3) is 0 Å². The number of hydrogen-bond donors (Lipinski definition) is 1. The molecule has 1 amide bonds. The number of rotatable bonds is 3. The Morgan fingerprint density at radius 2 is 1.68 bits per heavy atom. The van der Waals surface area contributed by atoms with Gasteiger partial charge in [0.05, 0.1) is 13.2 Å². The van der Waals surface area contributed by atoms with Crippen molar-refractivity contribution in [3.8, 4) is 5.75 Å². The number of carbonyl (C=O) groups is 1. The van der Waals surface area contributed by atoms with Crippen molar-refractivity contribution >= 4 is 18.3 Å². The Balaban J connectivity index is 0.00000225. The first-order valence-corrected chi connectivity index (χ1v) is 10.9. The van der Waals surface area contributed by atoms with E-state index in [1.54, 1.807) is 7.11 Å². The van der Waals surface area contributed by atoms with Crippen LogP contribution in [-0.4, -0.2) is 30.5 Å². The highest BCUT2D eigenvalue weighted by atomic mass is 35.5. The summed E-state index contributed by atoms with van der Waals surface area (Å²) in [6.45, 7) is 0.896. The minimum atomic E-state index is 0. The van der Waals surface area contributed by atoms with Gasteiger partial charge < -0.3 is 15.4 Å². The number of halogens is 1. The minimum Gasteiger partial charge on any atom is -0.497 e. The van der Waals surface area contributed by atoms with E-state index in [4.69, 9.17) is 10.5 Å². The molecule has 2 aliphatic carbocycles. The van der Waals surface area contributed by atoms with Gasteiger partial charge in [-0.3, -0.25) is 4.79 Å². The number of carbonyl (C=O) groups excluding carboxylic acids is 1. The van der Waals surface area contributed by atoms with E-state index in [1.807, 2.05) is 12.1 Å². The molecular formula is C23H35ClN2O2. The van der Waals surface area contributed by atoms with Gasteiger partial charge in [0.25, 0.3) is 0 Å². The van der Waals surface area contributed by atoms with Gasteiger partial charge in [-0.2, -0.15) is 0 Å². The number of ether oxygens (including phenoxy) is 1. The zero-order valence-electron chi connectivity index (χ0n) is 17.0. The lowest BCUT2D eigenvalue weighted by molar-refractivity contribution is -0.141. The molecule has 0 spiro atoms. The van der Waals surface area contributed by atoms with Crippen LogP contribution in [-0.2, 0) is 4.79 Å². The van der Waals surface area contributed by atoms with Crippen LogP contribution in [0.2, 0.25) is 0 Å². The van der Waals surface area contributed by atoms with E-state index in [9.17, 15) is 4.79 Å². The maximum atomic E-state index is 13.6. The van der Waals surface area contributed by atoms with Crippen LogP contribution in [0.15, 0.2) is 24.3 Å². The second-order valence-electron chi connectivity index (χ2n) is 8.87. The van der Waals surface area contributed by atoms with Crippen LogP contribution in [0.3, 0.4) is 0 Å². The Labute approximate surface area is 175 Å². The molecule has 5 heteroatoms. The summed E-state index contributed by atoms with van der Waals surface area (Å²) in [7, 11) is 1.70. The zero-order chi connectivity index (χ0) is 18.8. The molecule has 3 fully saturated rings. The molecule has 0 aromatic heterocycles. The third kappa shape index (κ3) is 4.33. The second kappa shape index (κ2) is 9.49. The molecule has 3 aliphatic rings. The summed E-state index contributed by atoms with van der Waals surface area (Å²) in [5, 5.41) is 0. The summed E-state index contributed by atoms with van der Waals surface area (Å²) in [4.78, 5) is 15.8. The third-order valence-corrected chi connectivity index (χ3v) is 7.30. The molecule has 0 radical (unpaired) electrons. The van der Waals surface area contributed by atoms with Gasteiger partial charge in [0, 0.05) is 18.5 Å². The molecule has 156 valence electrons. The molecule has 28 heavy (non-hydrogen) atoms. The molecular weight excluding hydrogens is 372 g/mol. The number of methoxy groups -OCH3 is 1. The molecule has 1 aliphatic heterocycles. The Morgan fingerprint density at radius 3 is 2.32 bits per heavy atom. The van der Waals surface area contributed by atoms with E-state index in [0.717, 1.165) is 38.0 Å². The zero-order valence-corrected chi connectivity index (χ0v) is 17.8. The van der Waals surface area contributed by atoms with Crippen molar-refractivity contribution in [3.63, 3.8) is 0 Å². The highest BCUT2D eigenvalue weighted by Crippen LogP contribution is 2.43. The SMILES string of the molecule is COc1ccc(C2CCCCCN2C(=O)C2CC3CCCC(C2)C3N)cc1.Cl. The van der Waals surface area contributed by atoms with E-state index in [1.165, 1.54) is 37.7 Å². The van der Waals surface area contributed by atoms with Gasteiger partial charge in [0.1, 0.15) is 5.75 Å². The predicted octanol–water partition coefficient (Wildman–Crippen LogP) is 4.71. The number of nitrogens with zero attached hydrogens (tertiary/aromatic N) is 1. The van der Waals surface area contributed by atoms with Gasteiger partial charge in [-0.15, -0.1) is 12.4 Å². The Morgan fingerprint density at radius 1 is 1.00 bits per heavy atom. The van der Waals surface area contributed by atoms with Crippen molar-refractivity contribution in [1.29, 1.82) is 0 Å². The summed E-state index contributed by atoms with van der Waals surface area (Å²) in [5.41, 5.74) is 7.71. The number of likely N-dealkylation sites (tertiary alicyclic amines) is 1. The van der Waals surface area contributed by atoms with Crippen molar-refractivity contribution < 1.29 is 9.53 Å². The van der Waals surface area contributed by atoms with E-state index in [0.29, 0.717) is 23.8 Å². The van der Waals surface area contributed by atoms with Crippen molar-refractivity contribution in [3.05, 3.63) is 29.8 Å². The van der Waals surface area contributed by atoms with Crippen LogP contribution in [0.1, 0.15) is 69.4 Å². The van der Waals surface area contributed by atoms with Gasteiger partial charge in [-0.05, 0) is 68.1 Å². The van der Waals surface area contributed by atoms with Crippen molar-refractivity contribution in [2.45, 2.75) is 69.9 Å². The van der Waals surface area contributed by atoms with Crippen LogP contribution in [0.4, 0.5) is 0 Å². The van der Waals surface area contributed by atoms with Gasteiger partial charge in [-0.1, -0.05) is 31.4 Å². The predicted molar refractivity (Wildman–Crippen MR) is 115 cm³/mol. The second-order valence-corrected chi connectivity index (χ2v) is 8.87. The van der Waals surface area contributed by atoms with E-state index in [2.05, 4.69) is 17.0 Å². The highest BCUT2D eigenvalue weighted by molar-refractivity contribution is 5.85. The molecule has 1 aromatic carbocycles. The Kier molecular flexibility index (Phi) is 7.27. The molecule has 1 heterocycles. The average molecular weight is 407 g/mol. The number of hydrogen-bond acceptors (Lipinski definition) is 3. The summed E-state index contributed by atoms with van der Waals surface area (Å²) in [6.07, 6.45) is 10.3. The molecule has 2 bridgehead atoms. The number of benzene rings is 1. The summed E-state index contributed by atoms with van der Waals surface area (Å²) in [5.74, 6) is 2.55. The average Bonchev–Trinajstić information content (AvgIpc) is 2.93. The molecule has 1 saturated heterocycles. The largest absolute Gasteiger partial charge is 0.497 e. The Hall–Kier alpha value is -1.26. The minimum absolute atomic E-state index is 0. The van der Waals surface area contributed by atoms with Crippen LogP contribution in [0, 0.1) is 17.8 Å². The van der Waals surface area contributed by atoms with Crippen LogP contribution >= 0.6 is 12.4 Å². The molecule has 3 atom stereocenters. The number of fused-ring (bicyclic) bond motifs is 2. The summed E-state index contributed by atoms with van der Waals surface area (Å²) < 4.78 is 5.31. The lowest BCUT2D eigenvalue weighted by Gasteiger charge is -2.45. The molecule has 2 saturated carbocycles. The molecule has 3 unspecified atom stereocenters. The molecule has 1 aromatic rings. The van der Waals surface area contributed by atoms with Gasteiger partial charge in [-0.25, -0.2) is 0 Å².